The summed E-state index contributed by atoms with van der Waals surface area (Å²) in [5.74, 6) is 0.468. The van der Waals surface area contributed by atoms with Crippen LogP contribution in [-0.2, 0) is 9.63 Å². The molecule has 1 aromatic carbocycles. The Morgan fingerprint density at radius 3 is 2.30 bits per heavy atom. The Morgan fingerprint density at radius 1 is 1.09 bits per heavy atom. The fourth-order valence-corrected chi connectivity index (χ4v) is 2.29. The van der Waals surface area contributed by atoms with E-state index in [1.807, 2.05) is 0 Å². The first-order chi connectivity index (χ1) is 11.0. The molecule has 1 aliphatic heterocycles. The predicted molar refractivity (Wildman–Crippen MR) is 83.9 cm³/mol. The summed E-state index contributed by atoms with van der Waals surface area (Å²) in [4.78, 5) is 30.0. The molecule has 0 bridgehead atoms. The SMILES string of the molecule is COc1ccc(C(=O)ON=C2CCN(C(C)=O)CC2)cc1OC. The van der Waals surface area contributed by atoms with E-state index in [2.05, 4.69) is 5.16 Å². The molecule has 0 aromatic heterocycles. The maximum atomic E-state index is 12.0. The van der Waals surface area contributed by atoms with Crippen LogP contribution in [0.25, 0.3) is 0 Å². The van der Waals surface area contributed by atoms with Gasteiger partial charge in [0.15, 0.2) is 11.5 Å². The Hall–Kier alpha value is -2.57. The van der Waals surface area contributed by atoms with Gasteiger partial charge >= 0.3 is 5.97 Å². The van der Waals surface area contributed by atoms with Gasteiger partial charge in [0, 0.05) is 32.9 Å². The van der Waals surface area contributed by atoms with Gasteiger partial charge in [-0.15, -0.1) is 0 Å². The van der Waals surface area contributed by atoms with Crippen molar-refractivity contribution in [2.45, 2.75) is 19.8 Å². The van der Waals surface area contributed by atoms with E-state index < -0.39 is 5.97 Å². The van der Waals surface area contributed by atoms with Gasteiger partial charge in [-0.05, 0) is 18.2 Å². The van der Waals surface area contributed by atoms with Crippen LogP contribution in [0.1, 0.15) is 30.1 Å². The Bertz CT molecular complexity index is 617. The summed E-state index contributed by atoms with van der Waals surface area (Å²) in [6.45, 7) is 2.74. The zero-order valence-electron chi connectivity index (χ0n) is 13.5. The van der Waals surface area contributed by atoms with E-state index in [1.54, 1.807) is 30.0 Å². The van der Waals surface area contributed by atoms with Gasteiger partial charge < -0.3 is 19.2 Å². The average molecular weight is 320 g/mol. The van der Waals surface area contributed by atoms with Crippen LogP contribution in [0.4, 0.5) is 0 Å². The highest BCUT2D eigenvalue weighted by Crippen LogP contribution is 2.27. The van der Waals surface area contributed by atoms with Gasteiger partial charge in [-0.1, -0.05) is 5.16 Å². The number of rotatable bonds is 4. The van der Waals surface area contributed by atoms with Crippen LogP contribution in [0.5, 0.6) is 11.5 Å². The van der Waals surface area contributed by atoms with E-state index in [0.717, 1.165) is 5.71 Å². The standard InChI is InChI=1S/C16H20N2O5/c1-11(19)18-8-6-13(7-9-18)17-23-16(20)12-4-5-14(21-2)15(10-12)22-3/h4-5,10H,6-9H2,1-3H3. The minimum absolute atomic E-state index is 0.0476. The minimum Gasteiger partial charge on any atom is -0.493 e. The van der Waals surface area contributed by atoms with Crippen molar-refractivity contribution in [3.05, 3.63) is 23.8 Å². The number of carbonyl (C=O) groups is 2. The fourth-order valence-electron chi connectivity index (χ4n) is 2.29. The molecule has 2 rings (SSSR count). The van der Waals surface area contributed by atoms with Crippen molar-refractivity contribution >= 4 is 17.6 Å². The zero-order valence-corrected chi connectivity index (χ0v) is 13.5. The van der Waals surface area contributed by atoms with Gasteiger partial charge in [0.05, 0.1) is 25.5 Å². The summed E-state index contributed by atoms with van der Waals surface area (Å²) in [6.07, 6.45) is 1.22. The number of hydrogen-bond donors (Lipinski definition) is 0. The smallest absolute Gasteiger partial charge is 0.365 e. The lowest BCUT2D eigenvalue weighted by Crippen LogP contribution is -2.37. The van der Waals surface area contributed by atoms with Crippen molar-refractivity contribution in [1.82, 2.24) is 4.90 Å². The Morgan fingerprint density at radius 2 is 1.74 bits per heavy atom. The van der Waals surface area contributed by atoms with Crippen LogP contribution in [0.2, 0.25) is 0 Å². The number of piperidine rings is 1. The van der Waals surface area contributed by atoms with Gasteiger partial charge in [0.2, 0.25) is 5.91 Å². The van der Waals surface area contributed by atoms with E-state index >= 15 is 0 Å². The molecule has 0 radical (unpaired) electrons. The molecular formula is C16H20N2O5. The van der Waals surface area contributed by atoms with Crippen molar-refractivity contribution < 1.29 is 23.9 Å². The van der Waals surface area contributed by atoms with Crippen molar-refractivity contribution in [2.75, 3.05) is 27.3 Å². The van der Waals surface area contributed by atoms with Crippen molar-refractivity contribution in [1.29, 1.82) is 0 Å². The summed E-state index contributed by atoms with van der Waals surface area (Å²) >= 11 is 0. The van der Waals surface area contributed by atoms with Crippen LogP contribution in [0, 0.1) is 0 Å². The second-order valence-corrected chi connectivity index (χ2v) is 5.11. The second-order valence-electron chi connectivity index (χ2n) is 5.11. The molecule has 23 heavy (non-hydrogen) atoms. The number of amides is 1. The van der Waals surface area contributed by atoms with Gasteiger partial charge in [-0.2, -0.15) is 0 Å². The average Bonchev–Trinajstić information content (AvgIpc) is 2.59. The summed E-state index contributed by atoms with van der Waals surface area (Å²) < 4.78 is 10.3. The molecule has 1 fully saturated rings. The summed E-state index contributed by atoms with van der Waals surface area (Å²) in [5.41, 5.74) is 1.10. The molecule has 1 aromatic rings. The number of hydrogen-bond acceptors (Lipinski definition) is 6. The number of benzene rings is 1. The van der Waals surface area contributed by atoms with Crippen molar-refractivity contribution in [3.63, 3.8) is 0 Å². The van der Waals surface area contributed by atoms with Crippen LogP contribution in [-0.4, -0.2) is 49.8 Å². The molecule has 7 heteroatoms. The summed E-state index contributed by atoms with van der Waals surface area (Å²) in [5, 5.41) is 3.91. The first-order valence-electron chi connectivity index (χ1n) is 7.29. The first kappa shape index (κ1) is 16.8. The molecule has 1 heterocycles. The van der Waals surface area contributed by atoms with E-state index in [1.165, 1.54) is 14.2 Å². The summed E-state index contributed by atoms with van der Waals surface area (Å²) in [7, 11) is 3.02. The monoisotopic (exact) mass is 320 g/mol. The van der Waals surface area contributed by atoms with Crippen LogP contribution in [0.15, 0.2) is 23.4 Å². The van der Waals surface area contributed by atoms with Crippen molar-refractivity contribution in [3.8, 4) is 11.5 Å². The topological polar surface area (TPSA) is 77.4 Å². The predicted octanol–water partition coefficient (Wildman–Crippen LogP) is 1.86. The highest BCUT2D eigenvalue weighted by molar-refractivity contribution is 5.92. The van der Waals surface area contributed by atoms with E-state index in [4.69, 9.17) is 14.3 Å². The van der Waals surface area contributed by atoms with Crippen LogP contribution < -0.4 is 9.47 Å². The Kier molecular flexibility index (Phi) is 5.56. The second kappa shape index (κ2) is 7.62. The molecule has 124 valence electrons. The van der Waals surface area contributed by atoms with Gasteiger partial charge in [0.25, 0.3) is 0 Å². The zero-order chi connectivity index (χ0) is 16.8. The largest absolute Gasteiger partial charge is 0.493 e. The van der Waals surface area contributed by atoms with Crippen LogP contribution >= 0.6 is 0 Å². The molecule has 0 N–H and O–H groups in total. The lowest BCUT2D eigenvalue weighted by atomic mass is 10.1. The van der Waals surface area contributed by atoms with Crippen molar-refractivity contribution in [2.24, 2.45) is 5.16 Å². The fraction of sp³-hybridized carbons (Fsp3) is 0.438. The normalized spacial score (nSPS) is 14.2. The van der Waals surface area contributed by atoms with Gasteiger partial charge in [-0.25, -0.2) is 4.79 Å². The number of likely N-dealkylation sites (tertiary alicyclic amines) is 1. The molecule has 0 aliphatic carbocycles. The maximum Gasteiger partial charge on any atom is 0.365 e. The molecule has 7 nitrogen and oxygen atoms in total. The third-order valence-corrected chi connectivity index (χ3v) is 3.66. The minimum atomic E-state index is -0.563. The molecule has 0 atom stereocenters. The number of carbonyl (C=O) groups excluding carboxylic acids is 2. The molecule has 1 amide bonds. The molecule has 0 saturated carbocycles. The number of nitrogens with zero attached hydrogens (tertiary/aromatic N) is 2. The molecule has 0 unspecified atom stereocenters. The van der Waals surface area contributed by atoms with Gasteiger partial charge in [0.1, 0.15) is 0 Å². The highest BCUT2D eigenvalue weighted by atomic mass is 16.7. The third kappa shape index (κ3) is 4.21. The number of oxime groups is 1. The molecule has 1 saturated heterocycles. The van der Waals surface area contributed by atoms with Gasteiger partial charge in [-0.3, -0.25) is 4.79 Å². The molecular weight excluding hydrogens is 300 g/mol. The number of methoxy groups -OCH3 is 2. The lowest BCUT2D eigenvalue weighted by Gasteiger charge is -2.25. The number of ether oxygens (including phenoxy) is 2. The van der Waals surface area contributed by atoms with Crippen LogP contribution in [0.3, 0.4) is 0 Å². The first-order valence-corrected chi connectivity index (χ1v) is 7.29. The van der Waals surface area contributed by atoms with E-state index in [0.29, 0.717) is 43.0 Å². The Labute approximate surface area is 134 Å². The maximum absolute atomic E-state index is 12.0. The van der Waals surface area contributed by atoms with E-state index in [-0.39, 0.29) is 5.91 Å². The van der Waals surface area contributed by atoms with E-state index in [9.17, 15) is 9.59 Å². The highest BCUT2D eigenvalue weighted by Gasteiger charge is 2.18. The third-order valence-electron chi connectivity index (χ3n) is 3.66. The Balaban J connectivity index is 1.97. The molecule has 0 spiro atoms. The quantitative estimate of drug-likeness (QED) is 0.625. The molecule has 1 aliphatic rings. The summed E-state index contributed by atoms with van der Waals surface area (Å²) in [6, 6.07) is 4.76. The lowest BCUT2D eigenvalue weighted by molar-refractivity contribution is -0.128.